The van der Waals surface area contributed by atoms with Gasteiger partial charge in [-0.1, -0.05) is 29.8 Å². The standard InChI is InChI=1S/C22H21BrN4O4S/c1-5-9-31-21-18(23)11-16(12-19(21)30-4)20(13-26(28)29)32-22-25-24-15(3)27(22)17-8-6-7-14(2)10-17/h1,6-8,10-12,20H,9,13H2,2-4H3/t20-/m1/s1. The maximum Gasteiger partial charge on any atom is 0.220 e. The van der Waals surface area contributed by atoms with Crippen LogP contribution in [0.25, 0.3) is 5.69 Å². The molecule has 1 atom stereocenters. The van der Waals surface area contributed by atoms with Crippen LogP contribution in [0.15, 0.2) is 46.0 Å². The average molecular weight is 517 g/mol. The van der Waals surface area contributed by atoms with Crippen molar-refractivity contribution in [1.29, 1.82) is 0 Å². The highest BCUT2D eigenvalue weighted by Gasteiger charge is 2.26. The summed E-state index contributed by atoms with van der Waals surface area (Å²) < 4.78 is 13.5. The number of methoxy groups -OCH3 is 1. The van der Waals surface area contributed by atoms with E-state index in [0.717, 1.165) is 11.3 Å². The molecule has 32 heavy (non-hydrogen) atoms. The van der Waals surface area contributed by atoms with Crippen LogP contribution in [0.3, 0.4) is 0 Å². The highest BCUT2D eigenvalue weighted by atomic mass is 79.9. The van der Waals surface area contributed by atoms with E-state index in [1.54, 1.807) is 12.1 Å². The van der Waals surface area contributed by atoms with Crippen molar-refractivity contribution in [2.45, 2.75) is 24.3 Å². The molecule has 0 aliphatic carbocycles. The Morgan fingerprint density at radius 3 is 2.75 bits per heavy atom. The van der Waals surface area contributed by atoms with Crippen LogP contribution < -0.4 is 9.47 Å². The van der Waals surface area contributed by atoms with Gasteiger partial charge in [0.1, 0.15) is 17.7 Å². The molecule has 3 rings (SSSR count). The number of thioether (sulfide) groups is 1. The number of hydrogen-bond donors (Lipinski definition) is 0. The summed E-state index contributed by atoms with van der Waals surface area (Å²) in [5, 5.41) is 20.0. The quantitative estimate of drug-likeness (QED) is 0.175. The summed E-state index contributed by atoms with van der Waals surface area (Å²) in [7, 11) is 1.50. The van der Waals surface area contributed by atoms with Gasteiger partial charge in [0.25, 0.3) is 0 Å². The molecule has 1 heterocycles. The zero-order valence-corrected chi connectivity index (χ0v) is 20.1. The van der Waals surface area contributed by atoms with Gasteiger partial charge >= 0.3 is 0 Å². The lowest BCUT2D eigenvalue weighted by molar-refractivity contribution is -0.479. The Labute approximate surface area is 198 Å². The predicted octanol–water partition coefficient (Wildman–Crippen LogP) is 4.78. The Bertz CT molecular complexity index is 1180. The molecule has 1 aromatic heterocycles. The Hall–Kier alpha value is -3.03. The molecule has 0 N–H and O–H groups in total. The van der Waals surface area contributed by atoms with E-state index in [-0.39, 0.29) is 18.1 Å². The van der Waals surface area contributed by atoms with Crippen molar-refractivity contribution in [1.82, 2.24) is 14.8 Å². The van der Waals surface area contributed by atoms with Crippen molar-refractivity contribution in [2.24, 2.45) is 0 Å². The third kappa shape index (κ3) is 5.41. The molecule has 2 aromatic carbocycles. The van der Waals surface area contributed by atoms with E-state index in [1.807, 2.05) is 42.7 Å². The summed E-state index contributed by atoms with van der Waals surface area (Å²) in [5.74, 6) is 3.97. The second kappa shape index (κ2) is 10.5. The molecular weight excluding hydrogens is 496 g/mol. The Kier molecular flexibility index (Phi) is 7.77. The van der Waals surface area contributed by atoms with Gasteiger partial charge in [-0.05, 0) is 65.2 Å². The minimum atomic E-state index is -0.552. The number of terminal acetylenes is 1. The smallest absolute Gasteiger partial charge is 0.220 e. The first kappa shape index (κ1) is 23.6. The molecule has 0 saturated heterocycles. The maximum atomic E-state index is 11.5. The fourth-order valence-electron chi connectivity index (χ4n) is 3.14. The number of hydrogen-bond acceptors (Lipinski definition) is 7. The highest BCUT2D eigenvalue weighted by Crippen LogP contribution is 2.43. The van der Waals surface area contributed by atoms with Gasteiger partial charge in [-0.25, -0.2) is 0 Å². The van der Waals surface area contributed by atoms with Gasteiger partial charge < -0.3 is 9.47 Å². The first-order chi connectivity index (χ1) is 15.3. The molecule has 0 bridgehead atoms. The van der Waals surface area contributed by atoms with Crippen LogP contribution in [0.5, 0.6) is 11.5 Å². The zero-order valence-electron chi connectivity index (χ0n) is 17.7. The van der Waals surface area contributed by atoms with Gasteiger partial charge in [-0.15, -0.1) is 16.6 Å². The number of ether oxygens (including phenoxy) is 2. The second-order valence-corrected chi connectivity index (χ2v) is 8.88. The fraction of sp³-hybridized carbons (Fsp3) is 0.273. The minimum Gasteiger partial charge on any atom is -0.493 e. The number of rotatable bonds is 9. The van der Waals surface area contributed by atoms with Crippen molar-refractivity contribution in [3.8, 4) is 29.5 Å². The third-order valence-corrected chi connectivity index (χ3v) is 6.31. The van der Waals surface area contributed by atoms with Gasteiger partial charge in [-0.3, -0.25) is 14.7 Å². The molecule has 10 heteroatoms. The summed E-state index contributed by atoms with van der Waals surface area (Å²) in [6.07, 6.45) is 5.29. The van der Waals surface area contributed by atoms with E-state index in [9.17, 15) is 10.1 Å². The molecule has 0 spiro atoms. The van der Waals surface area contributed by atoms with Gasteiger partial charge in [0.05, 0.1) is 11.6 Å². The molecule has 0 fully saturated rings. The summed E-state index contributed by atoms with van der Waals surface area (Å²) in [4.78, 5) is 11.1. The first-order valence-electron chi connectivity index (χ1n) is 9.55. The van der Waals surface area contributed by atoms with Crippen LogP contribution in [0, 0.1) is 36.3 Å². The molecule has 8 nitrogen and oxygen atoms in total. The second-order valence-electron chi connectivity index (χ2n) is 6.85. The van der Waals surface area contributed by atoms with Crippen LogP contribution in [0.2, 0.25) is 0 Å². The van der Waals surface area contributed by atoms with Crippen molar-refractivity contribution in [3.63, 3.8) is 0 Å². The van der Waals surface area contributed by atoms with Crippen molar-refractivity contribution >= 4 is 27.7 Å². The monoisotopic (exact) mass is 516 g/mol. The van der Waals surface area contributed by atoms with E-state index < -0.39 is 5.25 Å². The number of nitro groups is 1. The first-order valence-corrected chi connectivity index (χ1v) is 11.2. The van der Waals surface area contributed by atoms with Gasteiger partial charge in [0.2, 0.25) is 6.54 Å². The van der Waals surface area contributed by atoms with Gasteiger partial charge in [0.15, 0.2) is 16.7 Å². The molecule has 3 aromatic rings. The van der Waals surface area contributed by atoms with Crippen molar-refractivity contribution < 1.29 is 14.4 Å². The predicted molar refractivity (Wildman–Crippen MR) is 126 cm³/mol. The molecule has 0 saturated carbocycles. The Balaban J connectivity index is 2.02. The molecular formula is C22H21BrN4O4S. The lowest BCUT2D eigenvalue weighted by Gasteiger charge is -2.18. The number of benzene rings is 2. The summed E-state index contributed by atoms with van der Waals surface area (Å²) in [5.41, 5.74) is 2.66. The number of halogens is 1. The van der Waals surface area contributed by atoms with Gasteiger partial charge in [0, 0.05) is 10.6 Å². The SMILES string of the molecule is C#CCOc1c(Br)cc([C@@H](C[N+](=O)[O-])Sc2nnc(C)n2-c2cccc(C)c2)cc1OC. The third-order valence-electron chi connectivity index (χ3n) is 4.54. The van der Waals surface area contributed by atoms with E-state index in [2.05, 4.69) is 32.0 Å². The molecule has 0 aliphatic rings. The largest absolute Gasteiger partial charge is 0.493 e. The topological polar surface area (TPSA) is 92.3 Å². The highest BCUT2D eigenvalue weighted by molar-refractivity contribution is 9.10. The summed E-state index contributed by atoms with van der Waals surface area (Å²) in [6, 6.07) is 11.4. The molecule has 0 aliphatic heterocycles. The average Bonchev–Trinajstić information content (AvgIpc) is 3.11. The van der Waals surface area contributed by atoms with E-state index in [4.69, 9.17) is 15.9 Å². The fourth-order valence-corrected chi connectivity index (χ4v) is 4.86. The maximum absolute atomic E-state index is 11.5. The van der Waals surface area contributed by atoms with Gasteiger partial charge in [-0.2, -0.15) is 0 Å². The number of nitrogens with zero attached hydrogens (tertiary/aromatic N) is 4. The van der Waals surface area contributed by atoms with Crippen molar-refractivity contribution in [2.75, 3.05) is 20.3 Å². The normalized spacial score (nSPS) is 11.6. The molecule has 0 unspecified atom stereocenters. The van der Waals surface area contributed by atoms with E-state index in [1.165, 1.54) is 18.9 Å². The van der Waals surface area contributed by atoms with Crippen LogP contribution >= 0.6 is 27.7 Å². The van der Waals surface area contributed by atoms with Crippen LogP contribution in [0.4, 0.5) is 0 Å². The van der Waals surface area contributed by atoms with Crippen LogP contribution in [-0.4, -0.2) is 39.9 Å². The number of aromatic nitrogens is 3. The molecule has 0 radical (unpaired) electrons. The molecule has 166 valence electrons. The lowest BCUT2D eigenvalue weighted by Crippen LogP contribution is -2.12. The van der Waals surface area contributed by atoms with Crippen LogP contribution in [-0.2, 0) is 0 Å². The molecule has 0 amide bonds. The Morgan fingerprint density at radius 2 is 2.09 bits per heavy atom. The lowest BCUT2D eigenvalue weighted by atomic mass is 10.1. The Morgan fingerprint density at radius 1 is 1.31 bits per heavy atom. The summed E-state index contributed by atoms with van der Waals surface area (Å²) in [6.45, 7) is 3.60. The van der Waals surface area contributed by atoms with Crippen LogP contribution in [0.1, 0.15) is 22.2 Å². The van der Waals surface area contributed by atoms with E-state index >= 15 is 0 Å². The van der Waals surface area contributed by atoms with E-state index in [0.29, 0.717) is 32.5 Å². The zero-order chi connectivity index (χ0) is 23.3. The van der Waals surface area contributed by atoms with Crippen molar-refractivity contribution in [3.05, 3.63) is 67.9 Å². The minimum absolute atomic E-state index is 0.0697. The summed E-state index contributed by atoms with van der Waals surface area (Å²) >= 11 is 4.73. The number of aryl methyl sites for hydroxylation is 2.